The quantitative estimate of drug-likeness (QED) is 0.827. The van der Waals surface area contributed by atoms with Crippen molar-refractivity contribution >= 4 is 17.4 Å². The smallest absolute Gasteiger partial charge is 0.335 e. The van der Waals surface area contributed by atoms with Gasteiger partial charge in [0.05, 0.1) is 11.3 Å². The highest BCUT2D eigenvalue weighted by molar-refractivity contribution is 6.04. The highest BCUT2D eigenvalue weighted by Gasteiger charge is 2.10. The number of carboxylic acids is 1. The monoisotopic (exact) mass is 255 g/mol. The summed E-state index contributed by atoms with van der Waals surface area (Å²) in [5, 5.41) is 18.7. The van der Waals surface area contributed by atoms with Gasteiger partial charge in [0, 0.05) is 11.3 Å². The number of para-hydroxylation sites is 1. The predicted molar refractivity (Wildman–Crippen MR) is 73.4 cm³/mol. The molecule has 0 amide bonds. The first-order valence-electron chi connectivity index (χ1n) is 5.75. The molecule has 0 spiro atoms. The van der Waals surface area contributed by atoms with Crippen LogP contribution in [-0.2, 0) is 0 Å². The summed E-state index contributed by atoms with van der Waals surface area (Å²) in [4.78, 5) is 15.3. The Morgan fingerprint density at radius 3 is 2.42 bits per heavy atom. The van der Waals surface area contributed by atoms with Gasteiger partial charge in [-0.25, -0.2) is 4.79 Å². The highest BCUT2D eigenvalue weighted by Crippen LogP contribution is 2.21. The summed E-state index contributed by atoms with van der Waals surface area (Å²) < 4.78 is 0. The van der Waals surface area contributed by atoms with Crippen LogP contribution in [0.2, 0.25) is 0 Å². The first kappa shape index (κ1) is 12.8. The van der Waals surface area contributed by atoms with Gasteiger partial charge in [-0.3, -0.25) is 4.99 Å². The predicted octanol–water partition coefficient (Wildman–Crippen LogP) is 3.23. The number of hydrogen-bond donors (Lipinski definition) is 2. The number of carbonyl (C=O) groups is 1. The summed E-state index contributed by atoms with van der Waals surface area (Å²) in [5.41, 5.74) is 1.85. The fraction of sp³-hybridized carbons (Fsp3) is 0.0667. The van der Waals surface area contributed by atoms with Crippen molar-refractivity contribution in [3.63, 3.8) is 0 Å². The molecule has 0 aliphatic carbocycles. The molecule has 0 unspecified atom stereocenters. The Balaban J connectivity index is 2.43. The topological polar surface area (TPSA) is 69.9 Å². The van der Waals surface area contributed by atoms with Crippen LogP contribution in [0.3, 0.4) is 0 Å². The van der Waals surface area contributed by atoms with Crippen LogP contribution in [0.4, 0.5) is 5.69 Å². The largest absolute Gasteiger partial charge is 0.507 e. The van der Waals surface area contributed by atoms with Crippen LogP contribution in [0.25, 0.3) is 0 Å². The second-order valence-electron chi connectivity index (χ2n) is 4.07. The zero-order valence-electron chi connectivity index (χ0n) is 10.4. The lowest BCUT2D eigenvalue weighted by Gasteiger charge is -2.05. The number of benzene rings is 2. The molecule has 0 aliphatic heterocycles. The average molecular weight is 255 g/mol. The summed E-state index contributed by atoms with van der Waals surface area (Å²) in [6.45, 7) is 1.73. The van der Waals surface area contributed by atoms with Crippen LogP contribution in [0, 0.1) is 0 Å². The molecular formula is C15H13NO3. The number of carboxylic acid groups (broad SMARTS) is 1. The molecule has 0 atom stereocenters. The fourth-order valence-electron chi connectivity index (χ4n) is 1.72. The molecule has 0 bridgehead atoms. The minimum absolute atomic E-state index is 0.0159. The van der Waals surface area contributed by atoms with E-state index in [9.17, 15) is 9.90 Å². The molecule has 4 heteroatoms. The van der Waals surface area contributed by atoms with Gasteiger partial charge in [0.1, 0.15) is 5.75 Å². The van der Waals surface area contributed by atoms with Gasteiger partial charge in [-0.05, 0) is 37.3 Å². The molecule has 2 rings (SSSR count). The Bertz CT molecular complexity index is 633. The van der Waals surface area contributed by atoms with Crippen molar-refractivity contribution in [1.29, 1.82) is 0 Å². The average Bonchev–Trinajstić information content (AvgIpc) is 2.40. The molecule has 0 fully saturated rings. The molecule has 0 saturated carbocycles. The first-order valence-corrected chi connectivity index (χ1v) is 5.75. The summed E-state index contributed by atoms with van der Waals surface area (Å²) >= 11 is 0. The van der Waals surface area contributed by atoms with E-state index >= 15 is 0 Å². The van der Waals surface area contributed by atoms with Gasteiger partial charge in [-0.2, -0.15) is 0 Å². The number of phenols is 1. The molecule has 2 N–H and O–H groups in total. The molecule has 0 heterocycles. The molecule has 2 aromatic carbocycles. The Labute approximate surface area is 110 Å². The zero-order valence-corrected chi connectivity index (χ0v) is 10.4. The second-order valence-corrected chi connectivity index (χ2v) is 4.07. The number of aromatic carboxylic acids is 1. The Hall–Kier alpha value is -2.62. The number of phenolic OH excluding ortho intramolecular Hbond substituents is 1. The van der Waals surface area contributed by atoms with Crippen LogP contribution < -0.4 is 0 Å². The lowest BCUT2D eigenvalue weighted by atomic mass is 10.1. The molecule has 0 aromatic heterocycles. The molecule has 4 nitrogen and oxygen atoms in total. The van der Waals surface area contributed by atoms with Crippen LogP contribution in [0.15, 0.2) is 53.5 Å². The van der Waals surface area contributed by atoms with E-state index in [1.165, 1.54) is 18.2 Å². The SMILES string of the molecule is CC(=Nc1ccccc1)c1cc(C(=O)O)ccc1O. The van der Waals surface area contributed by atoms with Crippen molar-refractivity contribution in [2.24, 2.45) is 4.99 Å². The van der Waals surface area contributed by atoms with E-state index in [4.69, 9.17) is 5.11 Å². The lowest BCUT2D eigenvalue weighted by Crippen LogP contribution is -2.01. The Morgan fingerprint density at radius 2 is 1.79 bits per heavy atom. The third kappa shape index (κ3) is 2.98. The van der Waals surface area contributed by atoms with Gasteiger partial charge in [0.15, 0.2) is 0 Å². The molecule has 0 aliphatic rings. The molecule has 19 heavy (non-hydrogen) atoms. The minimum Gasteiger partial charge on any atom is -0.507 e. The van der Waals surface area contributed by atoms with Crippen molar-refractivity contribution in [2.75, 3.05) is 0 Å². The maximum atomic E-state index is 10.9. The minimum atomic E-state index is -1.03. The molecule has 2 aromatic rings. The van der Waals surface area contributed by atoms with Gasteiger partial charge in [0.2, 0.25) is 0 Å². The van der Waals surface area contributed by atoms with E-state index in [0.717, 1.165) is 5.69 Å². The van der Waals surface area contributed by atoms with E-state index in [2.05, 4.69) is 4.99 Å². The second kappa shape index (κ2) is 5.35. The lowest BCUT2D eigenvalue weighted by molar-refractivity contribution is 0.0697. The number of hydrogen-bond acceptors (Lipinski definition) is 3. The van der Waals surface area contributed by atoms with Crippen LogP contribution in [0.5, 0.6) is 5.75 Å². The number of aromatic hydroxyl groups is 1. The Kier molecular flexibility index (Phi) is 3.61. The van der Waals surface area contributed by atoms with Gasteiger partial charge in [-0.1, -0.05) is 18.2 Å². The van der Waals surface area contributed by atoms with Gasteiger partial charge < -0.3 is 10.2 Å². The van der Waals surface area contributed by atoms with Crippen molar-refractivity contribution in [3.05, 3.63) is 59.7 Å². The normalized spacial score (nSPS) is 11.3. The number of aliphatic imine (C=N–C) groups is 1. The third-order valence-electron chi connectivity index (χ3n) is 2.69. The number of nitrogens with zero attached hydrogens (tertiary/aromatic N) is 1. The van der Waals surface area contributed by atoms with Crippen LogP contribution in [-0.4, -0.2) is 21.9 Å². The Morgan fingerprint density at radius 1 is 1.11 bits per heavy atom. The summed E-state index contributed by atoms with van der Waals surface area (Å²) in [7, 11) is 0. The van der Waals surface area contributed by atoms with E-state index in [-0.39, 0.29) is 11.3 Å². The first-order chi connectivity index (χ1) is 9.08. The van der Waals surface area contributed by atoms with Gasteiger partial charge in [-0.15, -0.1) is 0 Å². The number of rotatable bonds is 3. The highest BCUT2D eigenvalue weighted by atomic mass is 16.4. The maximum absolute atomic E-state index is 10.9. The summed E-state index contributed by atoms with van der Waals surface area (Å²) in [6.07, 6.45) is 0. The molecule has 96 valence electrons. The fourth-order valence-corrected chi connectivity index (χ4v) is 1.72. The van der Waals surface area contributed by atoms with E-state index in [1.807, 2.05) is 30.3 Å². The van der Waals surface area contributed by atoms with Crippen molar-refractivity contribution < 1.29 is 15.0 Å². The summed E-state index contributed by atoms with van der Waals surface area (Å²) in [6, 6.07) is 13.4. The summed E-state index contributed by atoms with van der Waals surface area (Å²) in [5.74, 6) is -1.02. The standard InChI is InChI=1S/C15H13NO3/c1-10(16-12-5-3-2-4-6-12)13-9-11(15(18)19)7-8-14(13)17/h2-9,17H,1H3,(H,18,19). The molecule has 0 saturated heterocycles. The van der Waals surface area contributed by atoms with Gasteiger partial charge >= 0.3 is 5.97 Å². The molecule has 0 radical (unpaired) electrons. The molecular weight excluding hydrogens is 242 g/mol. The third-order valence-corrected chi connectivity index (χ3v) is 2.69. The van der Waals surface area contributed by atoms with E-state index in [0.29, 0.717) is 11.3 Å². The van der Waals surface area contributed by atoms with E-state index in [1.54, 1.807) is 6.92 Å². The maximum Gasteiger partial charge on any atom is 0.335 e. The van der Waals surface area contributed by atoms with E-state index < -0.39 is 5.97 Å². The van der Waals surface area contributed by atoms with Gasteiger partial charge in [0.25, 0.3) is 0 Å². The van der Waals surface area contributed by atoms with Crippen molar-refractivity contribution in [2.45, 2.75) is 6.92 Å². The zero-order chi connectivity index (χ0) is 13.8. The van der Waals surface area contributed by atoms with Crippen molar-refractivity contribution in [3.8, 4) is 5.75 Å². The van der Waals surface area contributed by atoms with Crippen molar-refractivity contribution in [1.82, 2.24) is 0 Å². The van der Waals surface area contributed by atoms with Crippen LogP contribution in [0.1, 0.15) is 22.8 Å². The van der Waals surface area contributed by atoms with Crippen LogP contribution >= 0.6 is 0 Å².